The normalized spacial score (nSPS) is 14.1. The maximum absolute atomic E-state index is 13.9. The first-order valence-corrected chi connectivity index (χ1v) is 7.30. The SMILES string of the molecule is C[C@@H](CNC(=O)OC(C)(C)C)Oc1c(F)cc(F)cc1[C@@H](C)O. The highest BCUT2D eigenvalue weighted by Gasteiger charge is 2.20. The standard InChI is InChI=1S/C16H23F2NO4/c1-9(8-19-15(21)23-16(3,4)5)22-14-12(10(2)20)6-11(17)7-13(14)18/h6-7,9-10,20H,8H2,1-5H3,(H,19,21)/t9-,10+/m0/s1. The predicted molar refractivity (Wildman–Crippen MR) is 81.3 cm³/mol. The fourth-order valence-corrected chi connectivity index (χ4v) is 1.80. The van der Waals surface area contributed by atoms with E-state index in [1.807, 2.05) is 0 Å². The van der Waals surface area contributed by atoms with Crippen molar-refractivity contribution in [2.45, 2.75) is 52.4 Å². The topological polar surface area (TPSA) is 67.8 Å². The smallest absolute Gasteiger partial charge is 0.407 e. The molecule has 0 radical (unpaired) electrons. The fourth-order valence-electron chi connectivity index (χ4n) is 1.80. The largest absolute Gasteiger partial charge is 0.485 e. The molecule has 0 saturated heterocycles. The summed E-state index contributed by atoms with van der Waals surface area (Å²) < 4.78 is 37.6. The van der Waals surface area contributed by atoms with Crippen molar-refractivity contribution in [2.24, 2.45) is 0 Å². The van der Waals surface area contributed by atoms with Crippen molar-refractivity contribution in [2.75, 3.05) is 6.54 Å². The van der Waals surface area contributed by atoms with Crippen molar-refractivity contribution in [3.63, 3.8) is 0 Å². The number of carbonyl (C=O) groups excluding carboxylic acids is 1. The molecule has 0 aliphatic heterocycles. The number of halogens is 2. The van der Waals surface area contributed by atoms with Gasteiger partial charge in [-0.3, -0.25) is 0 Å². The first kappa shape index (κ1) is 19.2. The van der Waals surface area contributed by atoms with Crippen LogP contribution in [-0.4, -0.2) is 29.4 Å². The Morgan fingerprint density at radius 1 is 1.30 bits per heavy atom. The third-order valence-corrected chi connectivity index (χ3v) is 2.74. The average Bonchev–Trinajstić information content (AvgIpc) is 2.37. The van der Waals surface area contributed by atoms with E-state index in [-0.39, 0.29) is 17.9 Å². The van der Waals surface area contributed by atoms with Crippen LogP contribution in [0.4, 0.5) is 13.6 Å². The van der Waals surface area contributed by atoms with Gasteiger partial charge in [0.1, 0.15) is 17.5 Å². The Bertz CT molecular complexity index is 556. The maximum Gasteiger partial charge on any atom is 0.407 e. The van der Waals surface area contributed by atoms with E-state index in [0.717, 1.165) is 6.07 Å². The molecule has 130 valence electrons. The van der Waals surface area contributed by atoms with Crippen LogP contribution in [0.15, 0.2) is 12.1 Å². The minimum atomic E-state index is -1.10. The third-order valence-electron chi connectivity index (χ3n) is 2.74. The van der Waals surface area contributed by atoms with Crippen molar-refractivity contribution in [1.29, 1.82) is 0 Å². The molecule has 0 fully saturated rings. The Morgan fingerprint density at radius 3 is 2.43 bits per heavy atom. The van der Waals surface area contributed by atoms with Gasteiger partial charge in [0.05, 0.1) is 12.6 Å². The molecule has 7 heteroatoms. The summed E-state index contributed by atoms with van der Waals surface area (Å²) in [7, 11) is 0. The molecule has 0 spiro atoms. The molecular weight excluding hydrogens is 308 g/mol. The van der Waals surface area contributed by atoms with E-state index in [9.17, 15) is 18.7 Å². The number of aliphatic hydroxyl groups excluding tert-OH is 1. The van der Waals surface area contributed by atoms with Gasteiger partial charge in [0.25, 0.3) is 0 Å². The molecule has 2 atom stereocenters. The van der Waals surface area contributed by atoms with Crippen LogP contribution in [0.25, 0.3) is 0 Å². The van der Waals surface area contributed by atoms with Crippen LogP contribution in [-0.2, 0) is 4.74 Å². The number of nitrogens with one attached hydrogen (secondary N) is 1. The zero-order valence-corrected chi connectivity index (χ0v) is 13.9. The zero-order valence-electron chi connectivity index (χ0n) is 13.9. The number of carbonyl (C=O) groups is 1. The van der Waals surface area contributed by atoms with Gasteiger partial charge in [-0.2, -0.15) is 0 Å². The number of benzene rings is 1. The van der Waals surface area contributed by atoms with Gasteiger partial charge in [-0.1, -0.05) is 0 Å². The lowest BCUT2D eigenvalue weighted by Crippen LogP contribution is -2.37. The van der Waals surface area contributed by atoms with Crippen LogP contribution in [0.2, 0.25) is 0 Å². The quantitative estimate of drug-likeness (QED) is 0.868. The van der Waals surface area contributed by atoms with Gasteiger partial charge >= 0.3 is 6.09 Å². The van der Waals surface area contributed by atoms with Gasteiger partial charge < -0.3 is 19.9 Å². The molecule has 0 aromatic heterocycles. The van der Waals surface area contributed by atoms with Gasteiger partial charge in [0, 0.05) is 11.6 Å². The molecular formula is C16H23F2NO4. The first-order valence-electron chi connectivity index (χ1n) is 7.30. The lowest BCUT2D eigenvalue weighted by Gasteiger charge is -2.22. The van der Waals surface area contributed by atoms with E-state index < -0.39 is 35.5 Å². The van der Waals surface area contributed by atoms with Crippen molar-refractivity contribution >= 4 is 6.09 Å². The van der Waals surface area contributed by atoms with Gasteiger partial charge in [0.15, 0.2) is 11.6 Å². The van der Waals surface area contributed by atoms with Crippen LogP contribution in [0.3, 0.4) is 0 Å². The predicted octanol–water partition coefficient (Wildman–Crippen LogP) is 3.31. The summed E-state index contributed by atoms with van der Waals surface area (Å²) in [5.41, 5.74) is -0.622. The molecule has 1 aromatic rings. The molecule has 0 heterocycles. The van der Waals surface area contributed by atoms with Crippen LogP contribution in [0.1, 0.15) is 46.3 Å². The summed E-state index contributed by atoms with van der Waals surface area (Å²) in [5, 5.41) is 12.1. The van der Waals surface area contributed by atoms with Crippen molar-refractivity contribution in [3.8, 4) is 5.75 Å². The number of ether oxygens (including phenoxy) is 2. The number of rotatable bonds is 5. The highest BCUT2D eigenvalue weighted by Crippen LogP contribution is 2.30. The summed E-state index contributed by atoms with van der Waals surface area (Å²) in [5.74, 6) is -1.95. The number of amides is 1. The van der Waals surface area contributed by atoms with Crippen molar-refractivity contribution < 1.29 is 28.2 Å². The Morgan fingerprint density at radius 2 is 1.91 bits per heavy atom. The summed E-state index contributed by atoms with van der Waals surface area (Å²) in [6.07, 6.45) is -2.33. The van der Waals surface area contributed by atoms with Gasteiger partial charge in [0.2, 0.25) is 0 Å². The van der Waals surface area contributed by atoms with E-state index in [4.69, 9.17) is 9.47 Å². The molecule has 0 bridgehead atoms. The molecule has 1 rings (SSSR count). The molecule has 1 amide bonds. The fraction of sp³-hybridized carbons (Fsp3) is 0.562. The highest BCUT2D eigenvalue weighted by molar-refractivity contribution is 5.67. The molecule has 1 aromatic carbocycles. The number of aliphatic hydroxyl groups is 1. The van der Waals surface area contributed by atoms with E-state index in [1.165, 1.54) is 6.92 Å². The van der Waals surface area contributed by atoms with E-state index in [0.29, 0.717) is 6.07 Å². The van der Waals surface area contributed by atoms with Crippen molar-refractivity contribution in [1.82, 2.24) is 5.32 Å². The summed E-state index contributed by atoms with van der Waals surface area (Å²) in [4.78, 5) is 11.5. The van der Waals surface area contributed by atoms with Gasteiger partial charge in [-0.15, -0.1) is 0 Å². The Hall–Kier alpha value is -1.89. The summed E-state index contributed by atoms with van der Waals surface area (Å²) in [6.45, 7) is 8.24. The summed E-state index contributed by atoms with van der Waals surface area (Å²) >= 11 is 0. The Balaban J connectivity index is 2.71. The lowest BCUT2D eigenvalue weighted by atomic mass is 10.1. The first-order chi connectivity index (χ1) is 10.5. The molecule has 2 N–H and O–H groups in total. The second kappa shape index (κ2) is 7.59. The van der Waals surface area contributed by atoms with E-state index >= 15 is 0 Å². The molecule has 0 aliphatic rings. The Labute approximate surface area is 134 Å². The van der Waals surface area contributed by atoms with Crippen LogP contribution in [0, 0.1) is 11.6 Å². The number of hydrogen-bond donors (Lipinski definition) is 2. The van der Waals surface area contributed by atoms with Crippen LogP contribution < -0.4 is 10.1 Å². The van der Waals surface area contributed by atoms with E-state index in [1.54, 1.807) is 27.7 Å². The molecule has 0 unspecified atom stereocenters. The summed E-state index contributed by atoms with van der Waals surface area (Å²) in [6, 6.07) is 1.69. The minimum absolute atomic E-state index is 0.00613. The van der Waals surface area contributed by atoms with E-state index in [2.05, 4.69) is 5.32 Å². The third kappa shape index (κ3) is 6.40. The van der Waals surface area contributed by atoms with Crippen LogP contribution in [0.5, 0.6) is 5.75 Å². The van der Waals surface area contributed by atoms with Crippen LogP contribution >= 0.6 is 0 Å². The highest BCUT2D eigenvalue weighted by atomic mass is 19.1. The second-order valence-electron chi connectivity index (χ2n) is 6.29. The maximum atomic E-state index is 13.9. The lowest BCUT2D eigenvalue weighted by molar-refractivity contribution is 0.0503. The zero-order chi connectivity index (χ0) is 17.8. The monoisotopic (exact) mass is 331 g/mol. The average molecular weight is 331 g/mol. The van der Waals surface area contributed by atoms with Crippen molar-refractivity contribution in [3.05, 3.63) is 29.3 Å². The molecule has 0 aliphatic carbocycles. The van der Waals surface area contributed by atoms with Gasteiger partial charge in [-0.05, 0) is 40.7 Å². The number of hydrogen-bond acceptors (Lipinski definition) is 4. The minimum Gasteiger partial charge on any atom is -0.485 e. The number of alkyl carbamates (subject to hydrolysis) is 1. The van der Waals surface area contributed by atoms with Gasteiger partial charge in [-0.25, -0.2) is 13.6 Å². The molecule has 23 heavy (non-hydrogen) atoms. The molecule has 5 nitrogen and oxygen atoms in total. The Kier molecular flexibility index (Phi) is 6.32. The second-order valence-corrected chi connectivity index (χ2v) is 6.29. The molecule has 0 saturated carbocycles.